The SMILES string of the molecule is C=C(C)C(=O)OC(CCCCCCC)C(OCC)(OCC)C(C)(C)C. The maximum absolute atomic E-state index is 12.2. The Morgan fingerprint density at radius 1 is 0.960 bits per heavy atom. The third kappa shape index (κ3) is 7.49. The molecule has 4 heteroatoms. The smallest absolute Gasteiger partial charge is 0.333 e. The van der Waals surface area contributed by atoms with E-state index in [-0.39, 0.29) is 11.4 Å². The Hall–Kier alpha value is -0.870. The van der Waals surface area contributed by atoms with Gasteiger partial charge in [0, 0.05) is 24.2 Å². The Morgan fingerprint density at radius 2 is 1.48 bits per heavy atom. The lowest BCUT2D eigenvalue weighted by molar-refractivity contribution is -0.329. The number of rotatable bonds is 13. The summed E-state index contributed by atoms with van der Waals surface area (Å²) in [5.41, 5.74) is 0.0504. The van der Waals surface area contributed by atoms with E-state index in [1.807, 2.05) is 13.8 Å². The van der Waals surface area contributed by atoms with Gasteiger partial charge in [-0.1, -0.05) is 60.0 Å². The fourth-order valence-electron chi connectivity index (χ4n) is 3.06. The molecule has 0 aliphatic rings. The van der Waals surface area contributed by atoms with E-state index in [1.165, 1.54) is 19.3 Å². The van der Waals surface area contributed by atoms with Gasteiger partial charge in [0.2, 0.25) is 5.79 Å². The number of esters is 1. The molecule has 0 aromatic rings. The molecule has 4 nitrogen and oxygen atoms in total. The van der Waals surface area contributed by atoms with Crippen LogP contribution < -0.4 is 0 Å². The summed E-state index contributed by atoms with van der Waals surface area (Å²) in [6, 6.07) is 0. The average molecular weight is 357 g/mol. The molecule has 0 saturated heterocycles. The highest BCUT2D eigenvalue weighted by molar-refractivity contribution is 5.87. The van der Waals surface area contributed by atoms with Gasteiger partial charge in [0.15, 0.2) is 6.10 Å². The molecular weight excluding hydrogens is 316 g/mol. The molecule has 0 radical (unpaired) electrons. The van der Waals surface area contributed by atoms with Crippen LogP contribution in [-0.4, -0.2) is 31.1 Å². The van der Waals surface area contributed by atoms with Crippen LogP contribution in [0.2, 0.25) is 0 Å². The molecule has 0 N–H and O–H groups in total. The van der Waals surface area contributed by atoms with Crippen molar-refractivity contribution in [2.24, 2.45) is 5.41 Å². The van der Waals surface area contributed by atoms with Gasteiger partial charge in [-0.05, 0) is 33.6 Å². The first kappa shape index (κ1) is 24.1. The van der Waals surface area contributed by atoms with Crippen LogP contribution in [0.3, 0.4) is 0 Å². The quantitative estimate of drug-likeness (QED) is 0.185. The summed E-state index contributed by atoms with van der Waals surface area (Å²) >= 11 is 0. The predicted octanol–water partition coefficient (Wildman–Crippen LogP) is 5.65. The first-order valence-corrected chi connectivity index (χ1v) is 9.80. The van der Waals surface area contributed by atoms with Crippen LogP contribution in [0.4, 0.5) is 0 Å². The van der Waals surface area contributed by atoms with Gasteiger partial charge in [-0.25, -0.2) is 4.79 Å². The van der Waals surface area contributed by atoms with Gasteiger partial charge in [0.1, 0.15) is 0 Å². The lowest BCUT2D eigenvalue weighted by Crippen LogP contribution is -2.58. The van der Waals surface area contributed by atoms with Gasteiger partial charge >= 0.3 is 5.97 Å². The number of carbonyl (C=O) groups is 1. The first-order valence-electron chi connectivity index (χ1n) is 9.80. The molecular formula is C21H40O4. The summed E-state index contributed by atoms with van der Waals surface area (Å²) in [5, 5.41) is 0. The summed E-state index contributed by atoms with van der Waals surface area (Å²) in [4.78, 5) is 12.2. The standard InChI is InChI=1S/C21H40O4/c1-9-12-13-14-15-16-18(25-19(22)17(4)5)21(23-10-2,24-11-3)20(6,7)8/h18H,4,9-16H2,1-3,5-8H3. The molecule has 0 spiro atoms. The van der Waals surface area contributed by atoms with Crippen molar-refractivity contribution in [3.05, 3.63) is 12.2 Å². The second-order valence-corrected chi connectivity index (χ2v) is 7.66. The van der Waals surface area contributed by atoms with Gasteiger partial charge in [-0.2, -0.15) is 0 Å². The lowest BCUT2D eigenvalue weighted by atomic mass is 9.79. The molecule has 0 rings (SSSR count). The van der Waals surface area contributed by atoms with Crippen molar-refractivity contribution in [3.8, 4) is 0 Å². The number of ether oxygens (including phenoxy) is 3. The molecule has 148 valence electrons. The zero-order chi connectivity index (χ0) is 19.5. The van der Waals surface area contributed by atoms with Crippen LogP contribution in [-0.2, 0) is 19.0 Å². The molecule has 0 saturated carbocycles. The first-order chi connectivity index (χ1) is 11.7. The molecule has 0 heterocycles. The Labute approximate surface area is 155 Å². The van der Waals surface area contributed by atoms with Crippen molar-refractivity contribution in [3.63, 3.8) is 0 Å². The number of unbranched alkanes of at least 4 members (excludes halogenated alkanes) is 4. The number of carbonyl (C=O) groups excluding carboxylic acids is 1. The van der Waals surface area contributed by atoms with Crippen molar-refractivity contribution in [1.82, 2.24) is 0 Å². The Kier molecular flexibility index (Phi) is 11.3. The van der Waals surface area contributed by atoms with E-state index in [0.29, 0.717) is 18.8 Å². The highest BCUT2D eigenvalue weighted by Gasteiger charge is 2.52. The second-order valence-electron chi connectivity index (χ2n) is 7.66. The fraction of sp³-hybridized carbons (Fsp3) is 0.857. The third-order valence-electron chi connectivity index (χ3n) is 4.35. The maximum atomic E-state index is 12.2. The average Bonchev–Trinajstić information content (AvgIpc) is 2.51. The predicted molar refractivity (Wildman–Crippen MR) is 104 cm³/mol. The summed E-state index contributed by atoms with van der Waals surface area (Å²) in [6.07, 6.45) is 6.00. The van der Waals surface area contributed by atoms with E-state index >= 15 is 0 Å². The molecule has 25 heavy (non-hydrogen) atoms. The van der Waals surface area contributed by atoms with Gasteiger partial charge < -0.3 is 14.2 Å². The van der Waals surface area contributed by atoms with E-state index in [2.05, 4.69) is 34.3 Å². The van der Waals surface area contributed by atoms with Crippen molar-refractivity contribution < 1.29 is 19.0 Å². The molecule has 0 aliphatic carbocycles. The van der Waals surface area contributed by atoms with Crippen molar-refractivity contribution in [1.29, 1.82) is 0 Å². The minimum Gasteiger partial charge on any atom is -0.453 e. The van der Waals surface area contributed by atoms with Crippen LogP contribution in [0.25, 0.3) is 0 Å². The Balaban J connectivity index is 5.48. The molecule has 0 aromatic heterocycles. The van der Waals surface area contributed by atoms with Gasteiger partial charge in [0.05, 0.1) is 0 Å². The van der Waals surface area contributed by atoms with E-state index in [1.54, 1.807) is 6.92 Å². The molecule has 0 fully saturated rings. The van der Waals surface area contributed by atoms with Crippen molar-refractivity contribution >= 4 is 5.97 Å². The van der Waals surface area contributed by atoms with Gasteiger partial charge in [-0.15, -0.1) is 0 Å². The molecule has 1 atom stereocenters. The van der Waals surface area contributed by atoms with Crippen LogP contribution in [0.15, 0.2) is 12.2 Å². The molecule has 0 aromatic carbocycles. The highest BCUT2D eigenvalue weighted by Crippen LogP contribution is 2.41. The topological polar surface area (TPSA) is 44.8 Å². The van der Waals surface area contributed by atoms with Crippen molar-refractivity contribution in [2.75, 3.05) is 13.2 Å². The van der Waals surface area contributed by atoms with Crippen LogP contribution in [0, 0.1) is 5.41 Å². The van der Waals surface area contributed by atoms with E-state index in [0.717, 1.165) is 19.3 Å². The summed E-state index contributed by atoms with van der Waals surface area (Å²) in [5.74, 6) is -1.35. The molecule has 0 bridgehead atoms. The number of hydrogen-bond acceptors (Lipinski definition) is 4. The zero-order valence-corrected chi connectivity index (χ0v) is 17.6. The third-order valence-corrected chi connectivity index (χ3v) is 4.35. The maximum Gasteiger partial charge on any atom is 0.333 e. The molecule has 0 amide bonds. The van der Waals surface area contributed by atoms with E-state index in [4.69, 9.17) is 14.2 Å². The lowest BCUT2D eigenvalue weighted by Gasteiger charge is -2.47. The summed E-state index contributed by atoms with van der Waals surface area (Å²) < 4.78 is 18.1. The monoisotopic (exact) mass is 356 g/mol. The van der Waals surface area contributed by atoms with Crippen LogP contribution >= 0.6 is 0 Å². The zero-order valence-electron chi connectivity index (χ0n) is 17.6. The summed E-state index contributed by atoms with van der Waals surface area (Å²) in [6.45, 7) is 18.7. The highest BCUT2D eigenvalue weighted by atomic mass is 16.7. The Bertz CT molecular complexity index is 389. The molecule has 0 aliphatic heterocycles. The largest absolute Gasteiger partial charge is 0.453 e. The molecule has 1 unspecified atom stereocenters. The van der Waals surface area contributed by atoms with Crippen LogP contribution in [0.5, 0.6) is 0 Å². The fourth-order valence-corrected chi connectivity index (χ4v) is 3.06. The summed E-state index contributed by atoms with van der Waals surface area (Å²) in [7, 11) is 0. The van der Waals surface area contributed by atoms with E-state index in [9.17, 15) is 4.79 Å². The second kappa shape index (κ2) is 11.7. The van der Waals surface area contributed by atoms with Gasteiger partial charge in [-0.3, -0.25) is 0 Å². The normalized spacial score (nSPS) is 13.6. The van der Waals surface area contributed by atoms with Crippen LogP contribution in [0.1, 0.15) is 87.0 Å². The van der Waals surface area contributed by atoms with Crippen molar-refractivity contribution in [2.45, 2.75) is 98.9 Å². The minimum absolute atomic E-state index is 0.345. The van der Waals surface area contributed by atoms with E-state index < -0.39 is 11.9 Å². The Morgan fingerprint density at radius 3 is 1.88 bits per heavy atom. The number of hydrogen-bond donors (Lipinski definition) is 0. The van der Waals surface area contributed by atoms with Gasteiger partial charge in [0.25, 0.3) is 0 Å². The minimum atomic E-state index is -0.966.